The van der Waals surface area contributed by atoms with Gasteiger partial charge in [-0.1, -0.05) is 24.3 Å². The van der Waals surface area contributed by atoms with Crippen LogP contribution in [0.3, 0.4) is 0 Å². The Bertz CT molecular complexity index is 638. The Hall–Kier alpha value is -2.04. The molecule has 1 aliphatic heterocycles. The highest BCUT2D eigenvalue weighted by Gasteiger charge is 2.46. The highest BCUT2D eigenvalue weighted by molar-refractivity contribution is 5.83. The predicted molar refractivity (Wildman–Crippen MR) is 96.4 cm³/mol. The molecule has 1 saturated heterocycles. The van der Waals surface area contributed by atoms with Gasteiger partial charge in [0.15, 0.2) is 0 Å². The van der Waals surface area contributed by atoms with E-state index in [2.05, 4.69) is 25.1 Å². The van der Waals surface area contributed by atoms with Crippen LogP contribution in [0.25, 0.3) is 0 Å². The Morgan fingerprint density at radius 1 is 1.24 bits per heavy atom. The number of carbonyl (C=O) groups excluding carboxylic acids is 2. The predicted octanol–water partition coefficient (Wildman–Crippen LogP) is 3.18. The zero-order chi connectivity index (χ0) is 18.0. The van der Waals surface area contributed by atoms with E-state index in [4.69, 9.17) is 4.74 Å². The van der Waals surface area contributed by atoms with Gasteiger partial charge in [0.2, 0.25) is 5.91 Å². The van der Waals surface area contributed by atoms with Crippen LogP contribution in [0.15, 0.2) is 24.3 Å². The Kier molecular flexibility index (Phi) is 5.30. The maximum Gasteiger partial charge on any atom is 0.409 e. The van der Waals surface area contributed by atoms with Crippen molar-refractivity contribution in [2.75, 3.05) is 26.7 Å². The first-order valence-corrected chi connectivity index (χ1v) is 9.26. The first-order valence-electron chi connectivity index (χ1n) is 9.26. The zero-order valence-electron chi connectivity index (χ0n) is 15.4. The third-order valence-electron chi connectivity index (χ3n) is 5.58. The quantitative estimate of drug-likeness (QED) is 0.843. The maximum absolute atomic E-state index is 12.8. The fraction of sp³-hybridized carbons (Fsp3) is 0.600. The van der Waals surface area contributed by atoms with E-state index in [1.165, 1.54) is 11.1 Å². The van der Waals surface area contributed by atoms with Crippen LogP contribution in [0.1, 0.15) is 43.2 Å². The van der Waals surface area contributed by atoms with Gasteiger partial charge in [-0.15, -0.1) is 0 Å². The zero-order valence-corrected chi connectivity index (χ0v) is 15.4. The minimum atomic E-state index is -0.269. The smallest absolute Gasteiger partial charge is 0.409 e. The van der Waals surface area contributed by atoms with Crippen LogP contribution in [0, 0.1) is 12.8 Å². The number of ether oxygens (including phenoxy) is 1. The highest BCUT2D eigenvalue weighted by Crippen LogP contribution is 2.49. The van der Waals surface area contributed by atoms with E-state index >= 15 is 0 Å². The number of piperidine rings is 1. The van der Waals surface area contributed by atoms with Gasteiger partial charge in [-0.25, -0.2) is 4.79 Å². The average molecular weight is 344 g/mol. The molecule has 5 nitrogen and oxygen atoms in total. The lowest BCUT2D eigenvalue weighted by Crippen LogP contribution is -2.47. The molecule has 1 aliphatic carbocycles. The minimum absolute atomic E-state index is 0.139. The van der Waals surface area contributed by atoms with Crippen LogP contribution in [0.5, 0.6) is 0 Å². The molecule has 1 saturated carbocycles. The van der Waals surface area contributed by atoms with E-state index in [-0.39, 0.29) is 24.0 Å². The summed E-state index contributed by atoms with van der Waals surface area (Å²) in [7, 11) is 1.79. The van der Waals surface area contributed by atoms with Crippen molar-refractivity contribution in [2.24, 2.45) is 5.92 Å². The normalized spacial score (nSPS) is 23.2. The summed E-state index contributed by atoms with van der Waals surface area (Å²) in [5.74, 6) is 0.805. The molecule has 0 radical (unpaired) electrons. The SMILES string of the molecule is CCOC(=O)N(C)C1CCN(C(=O)C2CC2c2ccccc2C)CC1. The second-order valence-corrected chi connectivity index (χ2v) is 7.17. The van der Waals surface area contributed by atoms with Gasteiger partial charge in [0, 0.05) is 32.1 Å². The summed E-state index contributed by atoms with van der Waals surface area (Å²) in [5, 5.41) is 0. The van der Waals surface area contributed by atoms with E-state index in [1.807, 2.05) is 17.9 Å². The molecule has 2 aliphatic rings. The first-order chi connectivity index (χ1) is 12.0. The van der Waals surface area contributed by atoms with Crippen LogP contribution in [0.2, 0.25) is 0 Å². The van der Waals surface area contributed by atoms with Gasteiger partial charge in [0.1, 0.15) is 0 Å². The fourth-order valence-corrected chi connectivity index (χ4v) is 3.90. The van der Waals surface area contributed by atoms with Gasteiger partial charge in [-0.05, 0) is 50.2 Å². The van der Waals surface area contributed by atoms with Crippen molar-refractivity contribution < 1.29 is 14.3 Å². The first kappa shape index (κ1) is 17.8. The summed E-state index contributed by atoms with van der Waals surface area (Å²) in [6.07, 6.45) is 2.34. The summed E-state index contributed by atoms with van der Waals surface area (Å²) >= 11 is 0. The molecule has 5 heteroatoms. The highest BCUT2D eigenvalue weighted by atomic mass is 16.6. The number of nitrogens with zero attached hydrogens (tertiary/aromatic N) is 2. The minimum Gasteiger partial charge on any atom is -0.450 e. The molecule has 0 aromatic heterocycles. The molecule has 2 amide bonds. The number of rotatable bonds is 4. The molecule has 2 fully saturated rings. The van der Waals surface area contributed by atoms with Crippen molar-refractivity contribution in [3.8, 4) is 0 Å². The van der Waals surface area contributed by atoms with Crippen LogP contribution < -0.4 is 0 Å². The number of benzene rings is 1. The van der Waals surface area contributed by atoms with E-state index in [0.29, 0.717) is 12.5 Å². The van der Waals surface area contributed by atoms with Crippen LogP contribution in [0.4, 0.5) is 4.79 Å². The molecule has 1 aromatic rings. The van der Waals surface area contributed by atoms with Crippen molar-refractivity contribution in [3.05, 3.63) is 35.4 Å². The Morgan fingerprint density at radius 2 is 1.92 bits per heavy atom. The molecule has 25 heavy (non-hydrogen) atoms. The molecule has 0 spiro atoms. The van der Waals surface area contributed by atoms with Crippen LogP contribution >= 0.6 is 0 Å². The molecular weight excluding hydrogens is 316 g/mol. The number of hydrogen-bond acceptors (Lipinski definition) is 3. The second-order valence-electron chi connectivity index (χ2n) is 7.17. The largest absolute Gasteiger partial charge is 0.450 e. The monoisotopic (exact) mass is 344 g/mol. The van der Waals surface area contributed by atoms with Gasteiger partial charge in [-0.2, -0.15) is 0 Å². The van der Waals surface area contributed by atoms with Crippen molar-refractivity contribution >= 4 is 12.0 Å². The van der Waals surface area contributed by atoms with E-state index in [9.17, 15) is 9.59 Å². The molecule has 2 atom stereocenters. The third kappa shape index (κ3) is 3.80. The van der Waals surface area contributed by atoms with E-state index in [1.54, 1.807) is 11.9 Å². The topological polar surface area (TPSA) is 49.9 Å². The lowest BCUT2D eigenvalue weighted by Gasteiger charge is -2.36. The summed E-state index contributed by atoms with van der Waals surface area (Å²) in [5.41, 5.74) is 2.59. The van der Waals surface area contributed by atoms with E-state index in [0.717, 1.165) is 32.4 Å². The standard InChI is InChI=1S/C20H28N2O3/c1-4-25-20(24)21(3)15-9-11-22(12-10-15)19(23)18-13-17(18)16-8-6-5-7-14(16)2/h5-8,15,17-18H,4,9-13H2,1-3H3. The molecule has 0 bridgehead atoms. The van der Waals surface area contributed by atoms with Crippen molar-refractivity contribution in [2.45, 2.75) is 45.1 Å². The lowest BCUT2D eigenvalue weighted by molar-refractivity contribution is -0.134. The molecule has 1 aromatic carbocycles. The van der Waals surface area contributed by atoms with Gasteiger partial charge in [0.05, 0.1) is 6.61 Å². The lowest BCUT2D eigenvalue weighted by atomic mass is 10.0. The molecule has 1 heterocycles. The average Bonchev–Trinajstić information content (AvgIpc) is 3.42. The third-order valence-corrected chi connectivity index (χ3v) is 5.58. The number of carbonyl (C=O) groups is 2. The molecule has 0 N–H and O–H groups in total. The second kappa shape index (κ2) is 7.46. The van der Waals surface area contributed by atoms with Gasteiger partial charge < -0.3 is 14.5 Å². The maximum atomic E-state index is 12.8. The van der Waals surface area contributed by atoms with Crippen molar-refractivity contribution in [3.63, 3.8) is 0 Å². The number of amides is 2. The number of aryl methyl sites for hydroxylation is 1. The fourth-order valence-electron chi connectivity index (χ4n) is 3.90. The summed E-state index contributed by atoms with van der Waals surface area (Å²) in [6, 6.07) is 8.52. The molecular formula is C20H28N2O3. The molecule has 136 valence electrons. The van der Waals surface area contributed by atoms with Crippen molar-refractivity contribution in [1.29, 1.82) is 0 Å². The van der Waals surface area contributed by atoms with Gasteiger partial charge in [0.25, 0.3) is 0 Å². The Morgan fingerprint density at radius 3 is 2.56 bits per heavy atom. The molecule has 2 unspecified atom stereocenters. The summed E-state index contributed by atoms with van der Waals surface area (Å²) < 4.78 is 5.06. The Balaban J connectivity index is 1.51. The summed E-state index contributed by atoms with van der Waals surface area (Å²) in [4.78, 5) is 28.3. The summed E-state index contributed by atoms with van der Waals surface area (Å²) in [6.45, 7) is 5.77. The van der Waals surface area contributed by atoms with Crippen LogP contribution in [-0.4, -0.2) is 54.6 Å². The van der Waals surface area contributed by atoms with E-state index < -0.39 is 0 Å². The Labute approximate surface area is 149 Å². The van der Waals surface area contributed by atoms with Crippen molar-refractivity contribution in [1.82, 2.24) is 9.80 Å². The van der Waals surface area contributed by atoms with Crippen LogP contribution in [-0.2, 0) is 9.53 Å². The van der Waals surface area contributed by atoms with Gasteiger partial charge >= 0.3 is 6.09 Å². The number of likely N-dealkylation sites (tertiary alicyclic amines) is 1. The van der Waals surface area contributed by atoms with Gasteiger partial charge in [-0.3, -0.25) is 4.79 Å². The molecule has 3 rings (SSSR count). The number of hydrogen-bond donors (Lipinski definition) is 0.